The van der Waals surface area contributed by atoms with Crippen molar-refractivity contribution in [2.75, 3.05) is 0 Å². The fourth-order valence-electron chi connectivity index (χ4n) is 3.14. The van der Waals surface area contributed by atoms with E-state index in [-0.39, 0.29) is 0 Å². The number of benzene rings is 3. The standard InChI is InChI=1S/C26H26OS/c1-3-23-15-16-24(4-2)26(20-28-19-22-13-9-6-10-14-22)25(23)18-27-17-21-11-7-5-8-12-21/h3-16H,1-2,17-20H2. The van der Waals surface area contributed by atoms with Crippen molar-refractivity contribution in [2.45, 2.75) is 24.7 Å². The van der Waals surface area contributed by atoms with Gasteiger partial charge in [-0.05, 0) is 33.4 Å². The van der Waals surface area contributed by atoms with Crippen LogP contribution in [0, 0.1) is 0 Å². The summed E-state index contributed by atoms with van der Waals surface area (Å²) in [6, 6.07) is 25.1. The molecule has 0 atom stereocenters. The van der Waals surface area contributed by atoms with Gasteiger partial charge in [0.25, 0.3) is 0 Å². The number of hydrogen-bond donors (Lipinski definition) is 0. The van der Waals surface area contributed by atoms with Crippen LogP contribution in [0.15, 0.2) is 86.0 Å². The molecule has 0 N–H and O–H groups in total. The second-order valence-electron chi connectivity index (χ2n) is 6.57. The topological polar surface area (TPSA) is 9.23 Å². The van der Waals surface area contributed by atoms with Gasteiger partial charge in [0.05, 0.1) is 13.2 Å². The molecule has 0 spiro atoms. The first-order chi connectivity index (χ1) is 13.8. The van der Waals surface area contributed by atoms with Crippen LogP contribution < -0.4 is 0 Å². The van der Waals surface area contributed by atoms with Crippen molar-refractivity contribution in [1.29, 1.82) is 0 Å². The van der Waals surface area contributed by atoms with Crippen LogP contribution in [-0.2, 0) is 29.5 Å². The smallest absolute Gasteiger partial charge is 0.0730 e. The highest BCUT2D eigenvalue weighted by atomic mass is 32.2. The molecule has 0 unspecified atom stereocenters. The summed E-state index contributed by atoms with van der Waals surface area (Å²) in [6.45, 7) is 9.17. The van der Waals surface area contributed by atoms with E-state index in [1.54, 1.807) is 0 Å². The van der Waals surface area contributed by atoms with Crippen molar-refractivity contribution in [3.8, 4) is 0 Å². The zero-order valence-corrected chi connectivity index (χ0v) is 17.0. The summed E-state index contributed by atoms with van der Waals surface area (Å²) in [4.78, 5) is 0. The third-order valence-electron chi connectivity index (χ3n) is 4.66. The highest BCUT2D eigenvalue weighted by molar-refractivity contribution is 7.97. The Kier molecular flexibility index (Phi) is 7.71. The van der Waals surface area contributed by atoms with Gasteiger partial charge in [-0.2, -0.15) is 11.8 Å². The lowest BCUT2D eigenvalue weighted by molar-refractivity contribution is 0.106. The third kappa shape index (κ3) is 5.48. The molecule has 28 heavy (non-hydrogen) atoms. The van der Waals surface area contributed by atoms with Crippen LogP contribution in [-0.4, -0.2) is 0 Å². The Balaban J connectivity index is 1.74. The molecule has 0 aliphatic heterocycles. The zero-order valence-electron chi connectivity index (χ0n) is 16.1. The van der Waals surface area contributed by atoms with Crippen molar-refractivity contribution in [2.24, 2.45) is 0 Å². The van der Waals surface area contributed by atoms with E-state index in [4.69, 9.17) is 4.74 Å². The van der Waals surface area contributed by atoms with Crippen molar-refractivity contribution in [3.05, 3.63) is 119 Å². The van der Waals surface area contributed by atoms with Crippen LogP contribution in [0.5, 0.6) is 0 Å². The number of hydrogen-bond acceptors (Lipinski definition) is 2. The lowest BCUT2D eigenvalue weighted by Crippen LogP contribution is -2.03. The lowest BCUT2D eigenvalue weighted by Gasteiger charge is -2.16. The molecular formula is C26H26OS. The van der Waals surface area contributed by atoms with Crippen molar-refractivity contribution in [1.82, 2.24) is 0 Å². The van der Waals surface area contributed by atoms with Crippen LogP contribution in [0.4, 0.5) is 0 Å². The lowest BCUT2D eigenvalue weighted by atomic mass is 9.97. The van der Waals surface area contributed by atoms with Crippen molar-refractivity contribution < 1.29 is 4.74 Å². The minimum absolute atomic E-state index is 0.569. The molecule has 0 radical (unpaired) electrons. The van der Waals surface area contributed by atoms with E-state index in [9.17, 15) is 0 Å². The molecule has 0 saturated heterocycles. The Bertz CT molecular complexity index is 824. The van der Waals surface area contributed by atoms with Gasteiger partial charge < -0.3 is 4.74 Å². The van der Waals surface area contributed by atoms with Crippen LogP contribution in [0.3, 0.4) is 0 Å². The zero-order chi connectivity index (χ0) is 19.6. The van der Waals surface area contributed by atoms with Gasteiger partial charge in [0.2, 0.25) is 0 Å². The molecule has 1 nitrogen and oxygen atoms in total. The van der Waals surface area contributed by atoms with Gasteiger partial charge >= 0.3 is 0 Å². The minimum atomic E-state index is 0.569. The molecule has 3 aromatic rings. The third-order valence-corrected chi connectivity index (χ3v) is 5.69. The monoisotopic (exact) mass is 386 g/mol. The maximum absolute atomic E-state index is 6.06. The molecule has 0 aliphatic carbocycles. The fourth-order valence-corrected chi connectivity index (χ4v) is 4.22. The molecule has 0 aliphatic rings. The van der Waals surface area contributed by atoms with E-state index in [1.807, 2.05) is 42.1 Å². The fraction of sp³-hybridized carbons (Fsp3) is 0.154. The number of rotatable bonds is 10. The Hall–Kier alpha value is -2.55. The molecule has 0 saturated carbocycles. The van der Waals surface area contributed by atoms with Crippen LogP contribution >= 0.6 is 11.8 Å². The highest BCUT2D eigenvalue weighted by Crippen LogP contribution is 2.28. The summed E-state index contributed by atoms with van der Waals surface area (Å²) in [7, 11) is 0. The summed E-state index contributed by atoms with van der Waals surface area (Å²) < 4.78 is 6.06. The largest absolute Gasteiger partial charge is 0.372 e. The first kappa shape index (κ1) is 20.2. The van der Waals surface area contributed by atoms with Gasteiger partial charge in [0.1, 0.15) is 0 Å². The van der Waals surface area contributed by atoms with Crippen LogP contribution in [0.25, 0.3) is 12.2 Å². The summed E-state index contributed by atoms with van der Waals surface area (Å²) in [5.74, 6) is 1.90. The molecule has 142 valence electrons. The summed E-state index contributed by atoms with van der Waals surface area (Å²) in [5, 5.41) is 0. The molecule has 0 amide bonds. The van der Waals surface area contributed by atoms with Gasteiger partial charge in [-0.15, -0.1) is 0 Å². The molecule has 3 aromatic carbocycles. The second-order valence-corrected chi connectivity index (χ2v) is 7.55. The second kappa shape index (κ2) is 10.7. The summed E-state index contributed by atoms with van der Waals surface area (Å²) in [6.07, 6.45) is 3.85. The summed E-state index contributed by atoms with van der Waals surface area (Å²) >= 11 is 1.91. The van der Waals surface area contributed by atoms with E-state index in [2.05, 4.69) is 67.8 Å². The normalized spacial score (nSPS) is 10.6. The average Bonchev–Trinajstić information content (AvgIpc) is 2.75. The SMILES string of the molecule is C=Cc1ccc(C=C)c(CSCc2ccccc2)c1COCc1ccccc1. The van der Waals surface area contributed by atoms with Gasteiger partial charge in [-0.1, -0.05) is 98.1 Å². The maximum atomic E-state index is 6.06. The van der Waals surface area contributed by atoms with Crippen molar-refractivity contribution in [3.63, 3.8) is 0 Å². The Morgan fingerprint density at radius 2 is 1.21 bits per heavy atom. The van der Waals surface area contributed by atoms with E-state index in [1.165, 1.54) is 27.8 Å². The van der Waals surface area contributed by atoms with E-state index >= 15 is 0 Å². The Morgan fingerprint density at radius 1 is 0.643 bits per heavy atom. The summed E-state index contributed by atoms with van der Waals surface area (Å²) in [5.41, 5.74) is 7.33. The van der Waals surface area contributed by atoms with Crippen LogP contribution in [0.1, 0.15) is 33.4 Å². The first-order valence-corrected chi connectivity index (χ1v) is 10.6. The van der Waals surface area contributed by atoms with E-state index in [0.717, 1.165) is 17.1 Å². The van der Waals surface area contributed by atoms with E-state index in [0.29, 0.717) is 13.2 Å². The van der Waals surface area contributed by atoms with Gasteiger partial charge in [0, 0.05) is 11.5 Å². The molecule has 0 fully saturated rings. The predicted octanol–water partition coefficient (Wildman–Crippen LogP) is 7.12. The highest BCUT2D eigenvalue weighted by Gasteiger charge is 2.11. The maximum Gasteiger partial charge on any atom is 0.0730 e. The van der Waals surface area contributed by atoms with Crippen molar-refractivity contribution >= 4 is 23.9 Å². The molecule has 0 bridgehead atoms. The van der Waals surface area contributed by atoms with Gasteiger partial charge in [-0.3, -0.25) is 0 Å². The molecule has 3 rings (SSSR count). The molecule has 0 aromatic heterocycles. The van der Waals surface area contributed by atoms with E-state index < -0.39 is 0 Å². The minimum Gasteiger partial charge on any atom is -0.372 e. The Labute approximate surface area is 172 Å². The average molecular weight is 387 g/mol. The molecular weight excluding hydrogens is 360 g/mol. The van der Waals surface area contributed by atoms with Gasteiger partial charge in [-0.25, -0.2) is 0 Å². The number of ether oxygens (including phenoxy) is 1. The van der Waals surface area contributed by atoms with Gasteiger partial charge in [0.15, 0.2) is 0 Å². The first-order valence-electron chi connectivity index (χ1n) is 9.44. The Morgan fingerprint density at radius 3 is 1.82 bits per heavy atom. The quantitative estimate of drug-likeness (QED) is 0.367. The molecule has 0 heterocycles. The van der Waals surface area contributed by atoms with Crippen LogP contribution in [0.2, 0.25) is 0 Å². The molecule has 2 heteroatoms. The number of thioether (sulfide) groups is 1. The predicted molar refractivity (Wildman–Crippen MR) is 123 cm³/mol.